The quantitative estimate of drug-likeness (QED) is 0.807. The van der Waals surface area contributed by atoms with Crippen molar-refractivity contribution >= 4 is 11.6 Å². The van der Waals surface area contributed by atoms with Gasteiger partial charge in [0.15, 0.2) is 0 Å². The van der Waals surface area contributed by atoms with Crippen LogP contribution in [0.3, 0.4) is 0 Å². The second kappa shape index (κ2) is 5.39. The standard InChI is InChI=1S/C17H16N4O2/c1-11-14(9-19-23-11)17(22)20-13-5-2-4-12(8-13)15-10-18-16-6-3-7-21(15)16/h2,4-5,8-10H,3,6-7H2,1H3,(H,20,22). The summed E-state index contributed by atoms with van der Waals surface area (Å²) < 4.78 is 7.18. The number of carbonyl (C=O) groups is 1. The van der Waals surface area contributed by atoms with Gasteiger partial charge in [-0.25, -0.2) is 4.98 Å². The van der Waals surface area contributed by atoms with Crippen LogP contribution in [0.1, 0.15) is 28.4 Å². The van der Waals surface area contributed by atoms with Gasteiger partial charge in [0.2, 0.25) is 0 Å². The number of rotatable bonds is 3. The van der Waals surface area contributed by atoms with Crippen LogP contribution in [0.2, 0.25) is 0 Å². The highest BCUT2D eigenvalue weighted by atomic mass is 16.5. The third-order valence-electron chi connectivity index (χ3n) is 4.13. The molecule has 0 fully saturated rings. The van der Waals surface area contributed by atoms with Crippen LogP contribution in [0, 0.1) is 6.92 Å². The highest BCUT2D eigenvalue weighted by Gasteiger charge is 2.17. The summed E-state index contributed by atoms with van der Waals surface area (Å²) in [7, 11) is 0. The van der Waals surface area contributed by atoms with Crippen LogP contribution in [-0.2, 0) is 13.0 Å². The number of nitrogens with one attached hydrogen (secondary N) is 1. The van der Waals surface area contributed by atoms with Crippen LogP contribution < -0.4 is 5.32 Å². The summed E-state index contributed by atoms with van der Waals surface area (Å²) in [5.41, 5.74) is 3.32. The Labute approximate surface area is 133 Å². The van der Waals surface area contributed by atoms with Gasteiger partial charge in [-0.05, 0) is 25.5 Å². The molecule has 2 aromatic heterocycles. The average molecular weight is 308 g/mol. The van der Waals surface area contributed by atoms with Crippen molar-refractivity contribution in [2.75, 3.05) is 5.32 Å². The predicted molar refractivity (Wildman–Crippen MR) is 85.2 cm³/mol. The van der Waals surface area contributed by atoms with Crippen molar-refractivity contribution in [1.29, 1.82) is 0 Å². The normalized spacial score (nSPS) is 13.1. The third kappa shape index (κ3) is 2.42. The third-order valence-corrected chi connectivity index (χ3v) is 4.13. The maximum atomic E-state index is 12.3. The predicted octanol–water partition coefficient (Wildman–Crippen LogP) is 3.05. The number of nitrogens with zero attached hydrogens (tertiary/aromatic N) is 3. The topological polar surface area (TPSA) is 73.0 Å². The molecule has 0 saturated heterocycles. The Bertz CT molecular complexity index is 878. The number of amides is 1. The van der Waals surface area contributed by atoms with Crippen molar-refractivity contribution in [3.63, 3.8) is 0 Å². The first kappa shape index (κ1) is 13.8. The summed E-state index contributed by atoms with van der Waals surface area (Å²) in [4.78, 5) is 16.7. The molecule has 1 N–H and O–H groups in total. The molecule has 3 heterocycles. The van der Waals surface area contributed by atoms with E-state index in [0.717, 1.165) is 42.2 Å². The van der Waals surface area contributed by atoms with E-state index >= 15 is 0 Å². The minimum absolute atomic E-state index is 0.223. The Morgan fingerprint density at radius 1 is 1.35 bits per heavy atom. The minimum Gasteiger partial charge on any atom is -0.361 e. The van der Waals surface area contributed by atoms with Crippen LogP contribution in [-0.4, -0.2) is 20.6 Å². The van der Waals surface area contributed by atoms with Gasteiger partial charge in [0.05, 0.1) is 18.1 Å². The van der Waals surface area contributed by atoms with Crippen molar-refractivity contribution in [1.82, 2.24) is 14.7 Å². The molecule has 0 bridgehead atoms. The molecule has 116 valence electrons. The molecule has 6 heteroatoms. The van der Waals surface area contributed by atoms with Gasteiger partial charge in [-0.3, -0.25) is 4.79 Å². The smallest absolute Gasteiger partial charge is 0.260 e. The van der Waals surface area contributed by atoms with Gasteiger partial charge in [-0.2, -0.15) is 0 Å². The number of anilines is 1. The minimum atomic E-state index is -0.223. The van der Waals surface area contributed by atoms with E-state index in [-0.39, 0.29) is 5.91 Å². The van der Waals surface area contributed by atoms with E-state index in [0.29, 0.717) is 11.3 Å². The number of hydrogen-bond acceptors (Lipinski definition) is 4. The first-order valence-electron chi connectivity index (χ1n) is 7.60. The van der Waals surface area contributed by atoms with E-state index in [1.54, 1.807) is 6.92 Å². The van der Waals surface area contributed by atoms with Crippen LogP contribution >= 0.6 is 0 Å². The average Bonchev–Trinajstić information content (AvgIpc) is 3.23. The largest absolute Gasteiger partial charge is 0.361 e. The lowest BCUT2D eigenvalue weighted by molar-refractivity contribution is 0.102. The maximum Gasteiger partial charge on any atom is 0.260 e. The van der Waals surface area contributed by atoms with E-state index < -0.39 is 0 Å². The number of aromatic nitrogens is 3. The summed E-state index contributed by atoms with van der Waals surface area (Å²) in [6.07, 6.45) is 5.50. The lowest BCUT2D eigenvalue weighted by Gasteiger charge is -2.08. The second-order valence-corrected chi connectivity index (χ2v) is 5.65. The van der Waals surface area contributed by atoms with Gasteiger partial charge in [0, 0.05) is 24.2 Å². The number of carbonyl (C=O) groups excluding carboxylic acids is 1. The molecular weight excluding hydrogens is 292 g/mol. The molecule has 0 saturated carbocycles. The number of benzene rings is 1. The Morgan fingerprint density at radius 3 is 3.09 bits per heavy atom. The summed E-state index contributed by atoms with van der Waals surface area (Å²) in [5, 5.41) is 6.52. The number of aryl methyl sites for hydroxylation is 2. The van der Waals surface area contributed by atoms with Crippen LogP contribution in [0.5, 0.6) is 0 Å². The lowest BCUT2D eigenvalue weighted by Crippen LogP contribution is -2.12. The van der Waals surface area contributed by atoms with Crippen LogP contribution in [0.25, 0.3) is 11.3 Å². The van der Waals surface area contributed by atoms with Crippen molar-refractivity contribution in [2.45, 2.75) is 26.3 Å². The van der Waals surface area contributed by atoms with E-state index in [2.05, 4.69) is 20.0 Å². The fourth-order valence-corrected chi connectivity index (χ4v) is 2.96. The first-order valence-corrected chi connectivity index (χ1v) is 7.60. The molecule has 1 aromatic carbocycles. The molecule has 0 spiro atoms. The van der Waals surface area contributed by atoms with E-state index in [1.807, 2.05) is 30.5 Å². The number of imidazole rings is 1. The molecule has 4 rings (SSSR count). The number of fused-ring (bicyclic) bond motifs is 1. The Morgan fingerprint density at radius 2 is 2.26 bits per heavy atom. The first-order chi connectivity index (χ1) is 11.2. The summed E-state index contributed by atoms with van der Waals surface area (Å²) in [6, 6.07) is 7.79. The molecule has 0 atom stereocenters. The van der Waals surface area contributed by atoms with E-state index in [4.69, 9.17) is 4.52 Å². The lowest BCUT2D eigenvalue weighted by atomic mass is 10.1. The fraction of sp³-hybridized carbons (Fsp3) is 0.235. The molecule has 23 heavy (non-hydrogen) atoms. The summed E-state index contributed by atoms with van der Waals surface area (Å²) in [5.74, 6) is 1.42. The van der Waals surface area contributed by atoms with Crippen molar-refractivity contribution < 1.29 is 9.32 Å². The monoisotopic (exact) mass is 308 g/mol. The van der Waals surface area contributed by atoms with Gasteiger partial charge in [0.1, 0.15) is 17.1 Å². The Kier molecular flexibility index (Phi) is 3.22. The highest BCUT2D eigenvalue weighted by Crippen LogP contribution is 2.27. The van der Waals surface area contributed by atoms with Crippen LogP contribution in [0.4, 0.5) is 5.69 Å². The fourth-order valence-electron chi connectivity index (χ4n) is 2.96. The van der Waals surface area contributed by atoms with Crippen molar-refractivity contribution in [3.8, 4) is 11.3 Å². The Balaban J connectivity index is 1.62. The van der Waals surface area contributed by atoms with Gasteiger partial charge in [-0.15, -0.1) is 0 Å². The molecule has 0 radical (unpaired) electrons. The molecule has 0 unspecified atom stereocenters. The molecule has 1 aliphatic rings. The van der Waals surface area contributed by atoms with Crippen LogP contribution in [0.15, 0.2) is 41.2 Å². The van der Waals surface area contributed by atoms with Gasteiger partial charge in [-0.1, -0.05) is 17.3 Å². The van der Waals surface area contributed by atoms with Gasteiger partial charge in [0.25, 0.3) is 5.91 Å². The zero-order valence-corrected chi connectivity index (χ0v) is 12.7. The number of hydrogen-bond donors (Lipinski definition) is 1. The molecule has 1 aliphatic heterocycles. The van der Waals surface area contributed by atoms with Crippen molar-refractivity contribution in [3.05, 3.63) is 53.8 Å². The van der Waals surface area contributed by atoms with E-state index in [1.165, 1.54) is 6.20 Å². The second-order valence-electron chi connectivity index (χ2n) is 5.65. The zero-order chi connectivity index (χ0) is 15.8. The summed E-state index contributed by atoms with van der Waals surface area (Å²) >= 11 is 0. The molecule has 3 aromatic rings. The summed E-state index contributed by atoms with van der Waals surface area (Å²) in [6.45, 7) is 2.72. The zero-order valence-electron chi connectivity index (χ0n) is 12.7. The van der Waals surface area contributed by atoms with Gasteiger partial charge >= 0.3 is 0 Å². The molecule has 0 aliphatic carbocycles. The maximum absolute atomic E-state index is 12.3. The molecule has 1 amide bonds. The SMILES string of the molecule is Cc1oncc1C(=O)Nc1cccc(-c2cnc3n2CCC3)c1. The van der Waals surface area contributed by atoms with Crippen molar-refractivity contribution in [2.24, 2.45) is 0 Å². The Hall–Kier alpha value is -2.89. The molecule has 6 nitrogen and oxygen atoms in total. The van der Waals surface area contributed by atoms with E-state index in [9.17, 15) is 4.79 Å². The van der Waals surface area contributed by atoms with Gasteiger partial charge < -0.3 is 14.4 Å². The highest BCUT2D eigenvalue weighted by molar-refractivity contribution is 6.04. The molecular formula is C17H16N4O2.